The first-order chi connectivity index (χ1) is 12.9. The summed E-state index contributed by atoms with van der Waals surface area (Å²) in [7, 11) is 0. The highest BCUT2D eigenvalue weighted by atomic mass is 32.1. The topological polar surface area (TPSA) is 76.7 Å². The highest BCUT2D eigenvalue weighted by Gasteiger charge is 2.09. The average molecular weight is 386 g/mol. The standard InChI is InChI=1S/C20H22N2O4S/c1-4-25-19(24)15-7-9-16(10-8-15)21-20(27)22-18(23)12-26-17-11-13(2)5-6-14(17)3/h5-11H,4,12H2,1-3H3,(H2,21,22,23,27). The molecule has 1 amide bonds. The first kappa shape index (κ1) is 20.4. The van der Waals surface area contributed by atoms with Crippen LogP contribution in [0.1, 0.15) is 28.4 Å². The molecular formula is C20H22N2O4S. The van der Waals surface area contributed by atoms with Crippen LogP contribution in [0.15, 0.2) is 42.5 Å². The van der Waals surface area contributed by atoms with Crippen LogP contribution in [0, 0.1) is 13.8 Å². The highest BCUT2D eigenvalue weighted by molar-refractivity contribution is 7.80. The number of anilines is 1. The quantitative estimate of drug-likeness (QED) is 0.586. The Morgan fingerprint density at radius 3 is 2.44 bits per heavy atom. The van der Waals surface area contributed by atoms with Gasteiger partial charge in [-0.3, -0.25) is 10.1 Å². The normalized spacial score (nSPS) is 10.0. The molecule has 6 nitrogen and oxygen atoms in total. The predicted molar refractivity (Wildman–Crippen MR) is 108 cm³/mol. The largest absolute Gasteiger partial charge is 0.483 e. The molecule has 7 heteroatoms. The fourth-order valence-corrected chi connectivity index (χ4v) is 2.47. The molecular weight excluding hydrogens is 364 g/mol. The van der Waals surface area contributed by atoms with Gasteiger partial charge < -0.3 is 14.8 Å². The van der Waals surface area contributed by atoms with Crippen molar-refractivity contribution in [3.63, 3.8) is 0 Å². The van der Waals surface area contributed by atoms with Crippen LogP contribution in [0.5, 0.6) is 5.75 Å². The molecule has 0 saturated heterocycles. The third kappa shape index (κ3) is 6.38. The van der Waals surface area contributed by atoms with Crippen LogP contribution in [0.4, 0.5) is 5.69 Å². The molecule has 0 aliphatic heterocycles. The minimum atomic E-state index is -0.386. The second kappa shape index (κ2) is 9.68. The Balaban J connectivity index is 1.83. The maximum absolute atomic E-state index is 12.0. The van der Waals surface area contributed by atoms with Gasteiger partial charge in [-0.1, -0.05) is 12.1 Å². The first-order valence-corrected chi connectivity index (χ1v) is 8.88. The van der Waals surface area contributed by atoms with Crippen molar-refractivity contribution < 1.29 is 19.1 Å². The van der Waals surface area contributed by atoms with Crippen molar-refractivity contribution in [2.45, 2.75) is 20.8 Å². The second-order valence-electron chi connectivity index (χ2n) is 5.86. The molecule has 0 saturated carbocycles. The van der Waals surface area contributed by atoms with E-state index >= 15 is 0 Å². The molecule has 2 aromatic rings. The van der Waals surface area contributed by atoms with Crippen molar-refractivity contribution >= 4 is 34.9 Å². The Morgan fingerprint density at radius 1 is 1.07 bits per heavy atom. The van der Waals surface area contributed by atoms with Crippen LogP contribution < -0.4 is 15.4 Å². The third-order valence-corrected chi connectivity index (χ3v) is 3.81. The van der Waals surface area contributed by atoms with Gasteiger partial charge in [-0.2, -0.15) is 0 Å². The van der Waals surface area contributed by atoms with Gasteiger partial charge in [-0.15, -0.1) is 0 Å². The van der Waals surface area contributed by atoms with Crippen LogP contribution in [0.2, 0.25) is 0 Å². The number of carbonyl (C=O) groups excluding carboxylic acids is 2. The summed E-state index contributed by atoms with van der Waals surface area (Å²) < 4.78 is 10.5. The van der Waals surface area contributed by atoms with Crippen molar-refractivity contribution in [1.29, 1.82) is 0 Å². The van der Waals surface area contributed by atoms with Crippen LogP contribution >= 0.6 is 12.2 Å². The Hall–Kier alpha value is -2.93. The highest BCUT2D eigenvalue weighted by Crippen LogP contribution is 2.18. The number of esters is 1. The lowest BCUT2D eigenvalue weighted by Gasteiger charge is -2.12. The lowest BCUT2D eigenvalue weighted by atomic mass is 10.1. The van der Waals surface area contributed by atoms with E-state index in [0.29, 0.717) is 23.6 Å². The number of hydrogen-bond donors (Lipinski definition) is 2. The molecule has 2 aromatic carbocycles. The number of amides is 1. The third-order valence-electron chi connectivity index (χ3n) is 3.61. The van der Waals surface area contributed by atoms with E-state index in [0.717, 1.165) is 11.1 Å². The van der Waals surface area contributed by atoms with E-state index < -0.39 is 0 Å². The van der Waals surface area contributed by atoms with Gasteiger partial charge in [0.15, 0.2) is 11.7 Å². The molecule has 0 fully saturated rings. The Bertz CT molecular complexity index is 834. The summed E-state index contributed by atoms with van der Waals surface area (Å²) in [6, 6.07) is 12.4. The maximum atomic E-state index is 12.0. The van der Waals surface area contributed by atoms with Gasteiger partial charge in [0.25, 0.3) is 5.91 Å². The van der Waals surface area contributed by atoms with Crippen LogP contribution in [-0.4, -0.2) is 30.2 Å². The number of rotatable bonds is 6. The molecule has 0 unspecified atom stereocenters. The van der Waals surface area contributed by atoms with Crippen molar-refractivity contribution in [1.82, 2.24) is 5.32 Å². The summed E-state index contributed by atoms with van der Waals surface area (Å²) in [4.78, 5) is 23.6. The summed E-state index contributed by atoms with van der Waals surface area (Å²) in [5, 5.41) is 5.58. The predicted octanol–water partition coefficient (Wildman–Crippen LogP) is 3.37. The van der Waals surface area contributed by atoms with E-state index in [2.05, 4.69) is 10.6 Å². The number of ether oxygens (including phenoxy) is 2. The number of aryl methyl sites for hydroxylation is 2. The fourth-order valence-electron chi connectivity index (χ4n) is 2.24. The summed E-state index contributed by atoms with van der Waals surface area (Å²) >= 11 is 5.13. The average Bonchev–Trinajstić information content (AvgIpc) is 2.63. The molecule has 27 heavy (non-hydrogen) atoms. The van der Waals surface area contributed by atoms with Gasteiger partial charge in [0.1, 0.15) is 5.75 Å². The van der Waals surface area contributed by atoms with Crippen LogP contribution in [0.25, 0.3) is 0 Å². The molecule has 142 valence electrons. The molecule has 0 aliphatic rings. The molecule has 0 spiro atoms. The van der Waals surface area contributed by atoms with Crippen molar-refractivity contribution in [2.75, 3.05) is 18.5 Å². The van der Waals surface area contributed by atoms with Gasteiger partial charge in [-0.25, -0.2) is 4.79 Å². The van der Waals surface area contributed by atoms with Gasteiger partial charge >= 0.3 is 5.97 Å². The molecule has 0 radical (unpaired) electrons. The van der Waals surface area contributed by atoms with Crippen LogP contribution in [-0.2, 0) is 9.53 Å². The van der Waals surface area contributed by atoms with Crippen molar-refractivity contribution in [2.24, 2.45) is 0 Å². The summed E-state index contributed by atoms with van der Waals surface area (Å²) in [5.41, 5.74) is 3.10. The fraction of sp³-hybridized carbons (Fsp3) is 0.250. The number of carbonyl (C=O) groups is 2. The molecule has 0 aromatic heterocycles. The summed E-state index contributed by atoms with van der Waals surface area (Å²) in [6.45, 7) is 5.80. The molecule has 0 atom stereocenters. The SMILES string of the molecule is CCOC(=O)c1ccc(NC(=S)NC(=O)COc2cc(C)ccc2C)cc1. The van der Waals surface area contributed by atoms with Crippen LogP contribution in [0.3, 0.4) is 0 Å². The van der Waals surface area contributed by atoms with E-state index in [1.807, 2.05) is 32.0 Å². The second-order valence-corrected chi connectivity index (χ2v) is 6.27. The Kier molecular flexibility index (Phi) is 7.31. The number of nitrogens with one attached hydrogen (secondary N) is 2. The van der Waals surface area contributed by atoms with Gasteiger partial charge in [-0.05, 0) is 74.4 Å². The molecule has 0 aliphatic carbocycles. The molecule has 0 heterocycles. The summed E-state index contributed by atoms with van der Waals surface area (Å²) in [5.74, 6) is -0.0846. The van der Waals surface area contributed by atoms with E-state index in [-0.39, 0.29) is 23.6 Å². The smallest absolute Gasteiger partial charge is 0.338 e. The zero-order chi connectivity index (χ0) is 19.8. The Morgan fingerprint density at radius 2 is 1.78 bits per heavy atom. The molecule has 0 bridgehead atoms. The maximum Gasteiger partial charge on any atom is 0.338 e. The van der Waals surface area contributed by atoms with E-state index in [1.54, 1.807) is 31.2 Å². The minimum absolute atomic E-state index is 0.145. The van der Waals surface area contributed by atoms with Crippen molar-refractivity contribution in [3.05, 3.63) is 59.2 Å². The number of benzene rings is 2. The number of hydrogen-bond acceptors (Lipinski definition) is 5. The zero-order valence-electron chi connectivity index (χ0n) is 15.5. The van der Waals surface area contributed by atoms with Crippen molar-refractivity contribution in [3.8, 4) is 5.75 Å². The van der Waals surface area contributed by atoms with Gasteiger partial charge in [0, 0.05) is 5.69 Å². The van der Waals surface area contributed by atoms with Gasteiger partial charge in [0.2, 0.25) is 0 Å². The zero-order valence-corrected chi connectivity index (χ0v) is 16.3. The van der Waals surface area contributed by atoms with E-state index in [9.17, 15) is 9.59 Å². The molecule has 2 N–H and O–H groups in total. The summed E-state index contributed by atoms with van der Waals surface area (Å²) in [6.07, 6.45) is 0. The lowest BCUT2D eigenvalue weighted by Crippen LogP contribution is -2.37. The van der Waals surface area contributed by atoms with Gasteiger partial charge in [0.05, 0.1) is 12.2 Å². The van der Waals surface area contributed by atoms with E-state index in [4.69, 9.17) is 21.7 Å². The first-order valence-electron chi connectivity index (χ1n) is 8.47. The van der Waals surface area contributed by atoms with E-state index in [1.165, 1.54) is 0 Å². The minimum Gasteiger partial charge on any atom is -0.483 e. The number of thiocarbonyl (C=S) groups is 1. The lowest BCUT2D eigenvalue weighted by molar-refractivity contribution is -0.121. The molecule has 2 rings (SSSR count). The Labute approximate surface area is 163 Å². The monoisotopic (exact) mass is 386 g/mol.